The van der Waals surface area contributed by atoms with Gasteiger partial charge in [-0.2, -0.15) is 0 Å². The smallest absolute Gasteiger partial charge is 0.408 e. The number of hydrogen-bond donors (Lipinski definition) is 2. The number of nitrogens with zero attached hydrogens (tertiary/aromatic N) is 1. The highest BCUT2D eigenvalue weighted by Gasteiger charge is 2.38. The van der Waals surface area contributed by atoms with Gasteiger partial charge in [-0.3, -0.25) is 9.59 Å². The Morgan fingerprint density at radius 2 is 1.68 bits per heavy atom. The Bertz CT molecular complexity index is 1160. The number of aryl methyl sites for hydroxylation is 2. The van der Waals surface area contributed by atoms with E-state index in [9.17, 15) is 14.4 Å². The van der Waals surface area contributed by atoms with Crippen molar-refractivity contribution in [2.24, 2.45) is 5.92 Å². The molecule has 0 fully saturated rings. The average Bonchev–Trinajstić information content (AvgIpc) is 2.89. The van der Waals surface area contributed by atoms with Crippen LogP contribution >= 0.6 is 11.6 Å². The summed E-state index contributed by atoms with van der Waals surface area (Å²) in [5.74, 6) is -0.879. The predicted octanol–water partition coefficient (Wildman–Crippen LogP) is 7.98. The van der Waals surface area contributed by atoms with Crippen LogP contribution in [0.5, 0.6) is 0 Å². The van der Waals surface area contributed by atoms with Crippen molar-refractivity contribution in [3.63, 3.8) is 0 Å². The fraction of sp³-hybridized carbons (Fsp3) is 0.545. The third-order valence-electron chi connectivity index (χ3n) is 7.07. The Labute approximate surface area is 251 Å². The molecule has 0 aliphatic carbocycles. The van der Waals surface area contributed by atoms with Gasteiger partial charge in [0.2, 0.25) is 5.91 Å². The molecule has 2 N–H and O–H groups in total. The van der Waals surface area contributed by atoms with Gasteiger partial charge in [-0.1, -0.05) is 100 Å². The first-order chi connectivity index (χ1) is 19.3. The number of anilines is 1. The molecule has 226 valence electrons. The van der Waals surface area contributed by atoms with Crippen molar-refractivity contribution in [3.8, 4) is 0 Å². The summed E-state index contributed by atoms with van der Waals surface area (Å²) in [6, 6.07) is 11.2. The van der Waals surface area contributed by atoms with E-state index in [0.29, 0.717) is 29.2 Å². The Balaban J connectivity index is 2.60. The lowest BCUT2D eigenvalue weighted by molar-refractivity contribution is -0.142. The van der Waals surface area contributed by atoms with Crippen LogP contribution in [0.1, 0.15) is 96.4 Å². The van der Waals surface area contributed by atoms with Gasteiger partial charge in [-0.05, 0) is 64.2 Å². The predicted molar refractivity (Wildman–Crippen MR) is 167 cm³/mol. The minimum Gasteiger partial charge on any atom is -0.444 e. The molecule has 3 amide bonds. The maximum atomic E-state index is 14.4. The zero-order chi connectivity index (χ0) is 30.7. The first kappa shape index (κ1) is 34.1. The van der Waals surface area contributed by atoms with Gasteiger partial charge in [-0.25, -0.2) is 4.79 Å². The van der Waals surface area contributed by atoms with Gasteiger partial charge in [-0.15, -0.1) is 0 Å². The Hall–Kier alpha value is -3.06. The van der Waals surface area contributed by atoms with Gasteiger partial charge in [0, 0.05) is 6.54 Å². The SMILES string of the molecule is CCCCCCN(C(=O)C(NC(=O)OC(C)(C)C)C(C)CC)C(C(=O)Nc1c(C)cccc1Cl)c1cccc(C)c1. The van der Waals surface area contributed by atoms with Gasteiger partial charge < -0.3 is 20.3 Å². The molecule has 3 unspecified atom stereocenters. The topological polar surface area (TPSA) is 87.7 Å². The summed E-state index contributed by atoms with van der Waals surface area (Å²) in [6.07, 6.45) is 3.69. The average molecular weight is 586 g/mol. The quantitative estimate of drug-likeness (QED) is 0.233. The van der Waals surface area contributed by atoms with E-state index in [1.165, 1.54) is 0 Å². The first-order valence-corrected chi connectivity index (χ1v) is 15.1. The first-order valence-electron chi connectivity index (χ1n) is 14.7. The molecule has 2 rings (SSSR count). The largest absolute Gasteiger partial charge is 0.444 e. The molecule has 8 heteroatoms. The highest BCUT2D eigenvalue weighted by atomic mass is 35.5. The lowest BCUT2D eigenvalue weighted by Gasteiger charge is -2.36. The molecule has 0 saturated carbocycles. The number of halogens is 1. The van der Waals surface area contributed by atoms with Crippen LogP contribution in [-0.4, -0.2) is 41.0 Å². The van der Waals surface area contributed by atoms with E-state index in [1.54, 1.807) is 31.7 Å². The molecular weight excluding hydrogens is 538 g/mol. The normalized spacial score (nSPS) is 13.6. The number of carbonyl (C=O) groups is 3. The van der Waals surface area contributed by atoms with Crippen LogP contribution in [0.3, 0.4) is 0 Å². The maximum Gasteiger partial charge on any atom is 0.408 e. The standard InChI is InChI=1S/C33H48ClN3O4/c1-9-11-12-13-20-37(31(39)28(23(4)10-2)36-32(40)41-33(6,7)8)29(25-18-14-16-22(3)21-25)30(38)35-27-24(5)17-15-19-26(27)34/h14-19,21,23,28-29H,9-13,20H2,1-8H3,(H,35,38)(H,36,40). The highest BCUT2D eigenvalue weighted by Crippen LogP contribution is 2.30. The molecule has 0 radical (unpaired) electrons. The summed E-state index contributed by atoms with van der Waals surface area (Å²) >= 11 is 6.47. The zero-order valence-corrected chi connectivity index (χ0v) is 26.7. The summed E-state index contributed by atoms with van der Waals surface area (Å²) in [5, 5.41) is 6.26. The van der Waals surface area contributed by atoms with Gasteiger partial charge in [0.1, 0.15) is 17.7 Å². The van der Waals surface area contributed by atoms with E-state index in [2.05, 4.69) is 17.6 Å². The second-order valence-corrected chi connectivity index (χ2v) is 12.2. The molecule has 2 aromatic carbocycles. The molecule has 0 saturated heterocycles. The minimum absolute atomic E-state index is 0.194. The number of ether oxygens (including phenoxy) is 1. The lowest BCUT2D eigenvalue weighted by atomic mass is 9.95. The Morgan fingerprint density at radius 1 is 1.00 bits per heavy atom. The molecule has 2 aromatic rings. The van der Waals surface area contributed by atoms with Gasteiger partial charge in [0.25, 0.3) is 5.91 Å². The van der Waals surface area contributed by atoms with E-state index >= 15 is 0 Å². The van der Waals surface area contributed by atoms with Gasteiger partial charge >= 0.3 is 6.09 Å². The van der Waals surface area contributed by atoms with Gasteiger partial charge in [0.05, 0.1) is 10.7 Å². The number of rotatable bonds is 13. The maximum absolute atomic E-state index is 14.4. The molecule has 3 atom stereocenters. The van der Waals surface area contributed by atoms with Crippen molar-refractivity contribution < 1.29 is 19.1 Å². The lowest BCUT2D eigenvalue weighted by Crippen LogP contribution is -2.55. The summed E-state index contributed by atoms with van der Waals surface area (Å²) in [7, 11) is 0. The molecule has 0 heterocycles. The molecule has 0 aliphatic heterocycles. The summed E-state index contributed by atoms with van der Waals surface area (Å²) in [4.78, 5) is 43.1. The van der Waals surface area contributed by atoms with Crippen molar-refractivity contribution in [2.45, 2.75) is 105 Å². The van der Waals surface area contributed by atoms with Crippen LogP contribution in [0.25, 0.3) is 0 Å². The second-order valence-electron chi connectivity index (χ2n) is 11.8. The number of alkyl carbamates (subject to hydrolysis) is 1. The van der Waals surface area contributed by atoms with E-state index in [1.807, 2.05) is 64.1 Å². The van der Waals surface area contributed by atoms with Crippen molar-refractivity contribution >= 4 is 35.2 Å². The summed E-state index contributed by atoms with van der Waals surface area (Å²) in [5.41, 5.74) is 2.28. The fourth-order valence-electron chi connectivity index (χ4n) is 4.67. The fourth-order valence-corrected chi connectivity index (χ4v) is 4.94. The Kier molecular flexibility index (Phi) is 13.2. The highest BCUT2D eigenvalue weighted by molar-refractivity contribution is 6.34. The number of hydrogen-bond acceptors (Lipinski definition) is 4. The number of unbranched alkanes of at least 4 members (excludes halogenated alkanes) is 3. The zero-order valence-electron chi connectivity index (χ0n) is 26.0. The van der Waals surface area contributed by atoms with Crippen molar-refractivity contribution in [3.05, 3.63) is 64.2 Å². The van der Waals surface area contributed by atoms with E-state index < -0.39 is 23.8 Å². The van der Waals surface area contributed by atoms with Crippen LogP contribution in [0.4, 0.5) is 10.5 Å². The number of para-hydroxylation sites is 1. The van der Waals surface area contributed by atoms with Gasteiger partial charge in [0.15, 0.2) is 0 Å². The van der Waals surface area contributed by atoms with Crippen molar-refractivity contribution in [2.75, 3.05) is 11.9 Å². The van der Waals surface area contributed by atoms with Crippen molar-refractivity contribution in [1.82, 2.24) is 10.2 Å². The molecule has 0 aromatic heterocycles. The molecule has 0 spiro atoms. The monoisotopic (exact) mass is 585 g/mol. The molecular formula is C33H48ClN3O4. The molecule has 0 bridgehead atoms. The number of carbonyl (C=O) groups excluding carboxylic acids is 3. The van der Waals surface area contributed by atoms with Crippen LogP contribution < -0.4 is 10.6 Å². The van der Waals surface area contributed by atoms with E-state index in [0.717, 1.165) is 36.8 Å². The molecule has 0 aliphatic rings. The molecule has 7 nitrogen and oxygen atoms in total. The van der Waals surface area contributed by atoms with Crippen molar-refractivity contribution in [1.29, 1.82) is 0 Å². The van der Waals surface area contributed by atoms with Crippen LogP contribution in [-0.2, 0) is 14.3 Å². The number of amides is 3. The Morgan fingerprint density at radius 3 is 2.27 bits per heavy atom. The summed E-state index contributed by atoms with van der Waals surface area (Å²) < 4.78 is 5.50. The van der Waals surface area contributed by atoms with Crippen LogP contribution in [0.15, 0.2) is 42.5 Å². The third kappa shape index (κ3) is 10.4. The van der Waals surface area contributed by atoms with Crippen LogP contribution in [0.2, 0.25) is 5.02 Å². The number of benzene rings is 2. The van der Waals surface area contributed by atoms with E-state index in [-0.39, 0.29) is 17.7 Å². The summed E-state index contributed by atoms with van der Waals surface area (Å²) in [6.45, 7) is 15.5. The second kappa shape index (κ2) is 15.8. The molecule has 41 heavy (non-hydrogen) atoms. The number of nitrogens with one attached hydrogen (secondary N) is 2. The van der Waals surface area contributed by atoms with Crippen LogP contribution in [0, 0.1) is 19.8 Å². The minimum atomic E-state index is -0.938. The third-order valence-corrected chi connectivity index (χ3v) is 7.39. The van der Waals surface area contributed by atoms with E-state index in [4.69, 9.17) is 16.3 Å².